The van der Waals surface area contributed by atoms with Crippen molar-refractivity contribution in [3.8, 4) is 23.0 Å². The SMILES string of the molecule is COc1ccc(C=O)c(OC)c1.O=Cc1cccc(Oc2ccccc2)c1. The molecule has 138 valence electrons. The zero-order chi connectivity index (χ0) is 19.5. The molecule has 0 N–H and O–H groups in total. The first kappa shape index (κ1) is 19.7. The monoisotopic (exact) mass is 364 g/mol. The molecule has 0 spiro atoms. The molecule has 0 atom stereocenters. The van der Waals surface area contributed by atoms with E-state index in [1.165, 1.54) is 7.11 Å². The molecule has 0 aromatic heterocycles. The van der Waals surface area contributed by atoms with Gasteiger partial charge in [-0.25, -0.2) is 0 Å². The number of hydrogen-bond acceptors (Lipinski definition) is 5. The summed E-state index contributed by atoms with van der Waals surface area (Å²) in [5.74, 6) is 2.65. The van der Waals surface area contributed by atoms with Crippen molar-refractivity contribution in [2.75, 3.05) is 14.2 Å². The van der Waals surface area contributed by atoms with Crippen LogP contribution in [0.15, 0.2) is 72.8 Å². The predicted molar refractivity (Wildman–Crippen MR) is 103 cm³/mol. The fourth-order valence-electron chi connectivity index (χ4n) is 2.19. The number of carbonyl (C=O) groups excluding carboxylic acids is 2. The third-order valence-electron chi connectivity index (χ3n) is 3.54. The molecule has 0 radical (unpaired) electrons. The summed E-state index contributed by atoms with van der Waals surface area (Å²) >= 11 is 0. The van der Waals surface area contributed by atoms with E-state index in [2.05, 4.69) is 0 Å². The van der Waals surface area contributed by atoms with Crippen molar-refractivity contribution in [1.29, 1.82) is 0 Å². The lowest BCUT2D eigenvalue weighted by molar-refractivity contribution is 0.111. The Balaban J connectivity index is 0.000000199. The van der Waals surface area contributed by atoms with Gasteiger partial charge in [0.05, 0.1) is 19.8 Å². The third-order valence-corrected chi connectivity index (χ3v) is 3.54. The maximum atomic E-state index is 10.6. The highest BCUT2D eigenvalue weighted by Gasteiger charge is 2.02. The molecule has 0 heterocycles. The van der Waals surface area contributed by atoms with E-state index in [1.807, 2.05) is 36.4 Å². The minimum Gasteiger partial charge on any atom is -0.497 e. The van der Waals surface area contributed by atoms with Gasteiger partial charge in [0.25, 0.3) is 0 Å². The molecule has 3 rings (SSSR count). The molecule has 0 aliphatic rings. The van der Waals surface area contributed by atoms with Crippen molar-refractivity contribution in [2.24, 2.45) is 0 Å². The van der Waals surface area contributed by atoms with Crippen LogP contribution < -0.4 is 14.2 Å². The zero-order valence-electron chi connectivity index (χ0n) is 15.1. The molecule has 0 aliphatic carbocycles. The fraction of sp³-hybridized carbons (Fsp3) is 0.0909. The van der Waals surface area contributed by atoms with E-state index in [0.717, 1.165) is 18.3 Å². The maximum absolute atomic E-state index is 10.6. The van der Waals surface area contributed by atoms with Gasteiger partial charge in [0.2, 0.25) is 0 Å². The van der Waals surface area contributed by atoms with Crippen LogP contribution >= 0.6 is 0 Å². The van der Waals surface area contributed by atoms with Gasteiger partial charge >= 0.3 is 0 Å². The quantitative estimate of drug-likeness (QED) is 0.588. The van der Waals surface area contributed by atoms with Crippen LogP contribution in [0.4, 0.5) is 0 Å². The van der Waals surface area contributed by atoms with Crippen LogP contribution in [0.25, 0.3) is 0 Å². The summed E-state index contributed by atoms with van der Waals surface area (Å²) in [6.45, 7) is 0. The average molecular weight is 364 g/mol. The first-order valence-corrected chi connectivity index (χ1v) is 8.15. The molecule has 0 fully saturated rings. The Labute approximate surface area is 158 Å². The van der Waals surface area contributed by atoms with Crippen molar-refractivity contribution in [2.45, 2.75) is 0 Å². The molecule has 3 aromatic rings. The van der Waals surface area contributed by atoms with Gasteiger partial charge < -0.3 is 14.2 Å². The van der Waals surface area contributed by atoms with E-state index in [-0.39, 0.29) is 0 Å². The standard InChI is InChI=1S/C13H10O2.C9H10O3/c14-10-11-5-4-8-13(9-11)15-12-6-2-1-3-7-12;1-11-8-4-3-7(6-10)9(5-8)12-2/h1-10H;3-6H,1-2H3. The lowest BCUT2D eigenvalue weighted by atomic mass is 10.2. The Morgan fingerprint density at radius 3 is 2.04 bits per heavy atom. The second kappa shape index (κ2) is 10.4. The summed E-state index contributed by atoms with van der Waals surface area (Å²) in [4.78, 5) is 21.0. The Kier molecular flexibility index (Phi) is 7.60. The number of ether oxygens (including phenoxy) is 3. The van der Waals surface area contributed by atoms with Crippen molar-refractivity contribution in [3.63, 3.8) is 0 Å². The molecule has 3 aromatic carbocycles. The molecular weight excluding hydrogens is 344 g/mol. The topological polar surface area (TPSA) is 61.8 Å². The average Bonchev–Trinajstić information content (AvgIpc) is 2.74. The van der Waals surface area contributed by atoms with Gasteiger partial charge in [-0.2, -0.15) is 0 Å². The highest BCUT2D eigenvalue weighted by atomic mass is 16.5. The number of methoxy groups -OCH3 is 2. The molecule has 0 unspecified atom stereocenters. The van der Waals surface area contributed by atoms with Crippen LogP contribution in [0.3, 0.4) is 0 Å². The lowest BCUT2D eigenvalue weighted by Crippen LogP contribution is -1.91. The third kappa shape index (κ3) is 6.01. The highest BCUT2D eigenvalue weighted by Crippen LogP contribution is 2.23. The van der Waals surface area contributed by atoms with Crippen molar-refractivity contribution < 1.29 is 23.8 Å². The molecule has 27 heavy (non-hydrogen) atoms. The molecule has 5 nitrogen and oxygen atoms in total. The van der Waals surface area contributed by atoms with Gasteiger partial charge in [-0.15, -0.1) is 0 Å². The van der Waals surface area contributed by atoms with E-state index >= 15 is 0 Å². The van der Waals surface area contributed by atoms with E-state index in [0.29, 0.717) is 28.4 Å². The molecule has 0 bridgehead atoms. The number of rotatable bonds is 6. The van der Waals surface area contributed by atoms with Crippen molar-refractivity contribution >= 4 is 12.6 Å². The van der Waals surface area contributed by atoms with Gasteiger partial charge in [0, 0.05) is 11.6 Å². The second-order valence-corrected chi connectivity index (χ2v) is 5.33. The predicted octanol–water partition coefficient (Wildman–Crippen LogP) is 4.81. The number of aldehydes is 2. The van der Waals surface area contributed by atoms with Gasteiger partial charge in [-0.05, 0) is 36.4 Å². The lowest BCUT2D eigenvalue weighted by Gasteiger charge is -2.05. The first-order valence-electron chi connectivity index (χ1n) is 8.15. The van der Waals surface area contributed by atoms with E-state index in [1.54, 1.807) is 43.5 Å². The number of hydrogen-bond donors (Lipinski definition) is 0. The van der Waals surface area contributed by atoms with Gasteiger partial charge in [0.1, 0.15) is 29.3 Å². The van der Waals surface area contributed by atoms with Crippen LogP contribution in [0.2, 0.25) is 0 Å². The Bertz CT molecular complexity index is 875. The minimum absolute atomic E-state index is 0.526. The molecule has 0 aliphatic heterocycles. The smallest absolute Gasteiger partial charge is 0.153 e. The normalized spacial score (nSPS) is 9.41. The summed E-state index contributed by atoms with van der Waals surface area (Å²) < 4.78 is 15.5. The maximum Gasteiger partial charge on any atom is 0.153 e. The van der Waals surface area contributed by atoms with E-state index < -0.39 is 0 Å². The molecule has 5 heteroatoms. The van der Waals surface area contributed by atoms with Gasteiger partial charge in [-0.1, -0.05) is 30.3 Å². The minimum atomic E-state index is 0.526. The molecule has 0 saturated heterocycles. The zero-order valence-corrected chi connectivity index (χ0v) is 15.1. The number of benzene rings is 3. The van der Waals surface area contributed by atoms with Crippen LogP contribution in [-0.4, -0.2) is 26.8 Å². The Morgan fingerprint density at radius 1 is 0.667 bits per heavy atom. The van der Waals surface area contributed by atoms with Crippen molar-refractivity contribution in [1.82, 2.24) is 0 Å². The summed E-state index contributed by atoms with van der Waals surface area (Å²) in [5, 5.41) is 0. The van der Waals surface area contributed by atoms with Gasteiger partial charge in [-0.3, -0.25) is 9.59 Å². The summed E-state index contributed by atoms with van der Waals surface area (Å²) in [6, 6.07) is 21.6. The number of carbonyl (C=O) groups is 2. The van der Waals surface area contributed by atoms with Crippen LogP contribution in [-0.2, 0) is 0 Å². The molecular formula is C22H20O5. The van der Waals surface area contributed by atoms with Crippen molar-refractivity contribution in [3.05, 3.63) is 83.9 Å². The molecule has 0 amide bonds. The summed E-state index contributed by atoms with van der Waals surface area (Å²) in [5.41, 5.74) is 1.14. The van der Waals surface area contributed by atoms with Crippen LogP contribution in [0, 0.1) is 0 Å². The number of para-hydroxylation sites is 1. The Hall–Kier alpha value is -3.60. The highest BCUT2D eigenvalue weighted by molar-refractivity contribution is 5.79. The van der Waals surface area contributed by atoms with Crippen LogP contribution in [0.5, 0.6) is 23.0 Å². The fourth-order valence-corrected chi connectivity index (χ4v) is 2.19. The summed E-state index contributed by atoms with van der Waals surface area (Å²) in [6.07, 6.45) is 1.55. The Morgan fingerprint density at radius 2 is 1.41 bits per heavy atom. The largest absolute Gasteiger partial charge is 0.497 e. The first-order chi connectivity index (χ1) is 13.2. The van der Waals surface area contributed by atoms with E-state index in [4.69, 9.17) is 14.2 Å². The second-order valence-electron chi connectivity index (χ2n) is 5.33. The summed E-state index contributed by atoms with van der Waals surface area (Å²) in [7, 11) is 3.08. The van der Waals surface area contributed by atoms with E-state index in [9.17, 15) is 9.59 Å². The van der Waals surface area contributed by atoms with Gasteiger partial charge in [0.15, 0.2) is 6.29 Å². The van der Waals surface area contributed by atoms with Crippen LogP contribution in [0.1, 0.15) is 20.7 Å². The molecule has 0 saturated carbocycles.